The van der Waals surface area contributed by atoms with Gasteiger partial charge >= 0.3 is 0 Å². The van der Waals surface area contributed by atoms with Crippen LogP contribution in [0.2, 0.25) is 0 Å². The molecule has 1 aromatic carbocycles. The zero-order valence-electron chi connectivity index (χ0n) is 11.5. The van der Waals surface area contributed by atoms with Gasteiger partial charge in [-0.05, 0) is 19.1 Å². The molecule has 106 valence electrons. The highest BCUT2D eigenvalue weighted by Gasteiger charge is 2.12. The van der Waals surface area contributed by atoms with Gasteiger partial charge in [-0.25, -0.2) is 0 Å². The molecule has 0 bridgehead atoms. The number of rotatable bonds is 5. The average molecular weight is 275 g/mol. The molecule has 0 atom stereocenters. The minimum Gasteiger partial charge on any atom is -0.484 e. The van der Waals surface area contributed by atoms with Crippen molar-refractivity contribution in [1.29, 1.82) is 0 Å². The summed E-state index contributed by atoms with van der Waals surface area (Å²) < 4.78 is 10.4. The Bertz CT molecular complexity index is 595. The van der Waals surface area contributed by atoms with E-state index < -0.39 is 0 Å². The third-order valence-electron chi connectivity index (χ3n) is 2.72. The molecule has 0 spiro atoms. The van der Waals surface area contributed by atoms with Crippen LogP contribution in [0.1, 0.15) is 11.5 Å². The fourth-order valence-electron chi connectivity index (χ4n) is 1.68. The normalized spacial score (nSPS) is 10.3. The first-order valence-corrected chi connectivity index (χ1v) is 6.19. The van der Waals surface area contributed by atoms with Crippen LogP contribution in [-0.2, 0) is 11.3 Å². The van der Waals surface area contributed by atoms with E-state index in [2.05, 4.69) is 5.16 Å². The van der Waals surface area contributed by atoms with Gasteiger partial charge in [0, 0.05) is 24.9 Å². The number of amides is 1. The molecule has 2 rings (SSSR count). The van der Waals surface area contributed by atoms with Crippen LogP contribution in [-0.4, -0.2) is 29.6 Å². The summed E-state index contributed by atoms with van der Waals surface area (Å²) in [5.41, 5.74) is 6.94. The smallest absolute Gasteiger partial charge is 0.260 e. The van der Waals surface area contributed by atoms with Crippen LogP contribution < -0.4 is 10.5 Å². The number of nitrogens with two attached hydrogens (primary N) is 1. The van der Waals surface area contributed by atoms with Gasteiger partial charge in [0.15, 0.2) is 6.61 Å². The van der Waals surface area contributed by atoms with Gasteiger partial charge in [-0.1, -0.05) is 11.2 Å². The lowest BCUT2D eigenvalue weighted by molar-refractivity contribution is -0.132. The van der Waals surface area contributed by atoms with Gasteiger partial charge in [-0.15, -0.1) is 0 Å². The predicted octanol–water partition coefficient (Wildman–Crippen LogP) is 1.60. The van der Waals surface area contributed by atoms with Crippen LogP contribution in [0, 0.1) is 6.92 Å². The Balaban J connectivity index is 1.85. The van der Waals surface area contributed by atoms with Crippen molar-refractivity contribution >= 4 is 11.6 Å². The molecule has 0 saturated carbocycles. The number of nitrogens with zero attached hydrogens (tertiary/aromatic N) is 2. The molecule has 6 heteroatoms. The second-order valence-corrected chi connectivity index (χ2v) is 4.54. The molecule has 6 nitrogen and oxygen atoms in total. The number of benzene rings is 1. The number of nitrogen functional groups attached to an aromatic ring is 1. The molecule has 1 amide bonds. The van der Waals surface area contributed by atoms with E-state index in [0.717, 1.165) is 5.76 Å². The summed E-state index contributed by atoms with van der Waals surface area (Å²) in [4.78, 5) is 13.5. The van der Waals surface area contributed by atoms with E-state index in [1.54, 1.807) is 44.3 Å². The van der Waals surface area contributed by atoms with E-state index in [1.807, 2.05) is 0 Å². The van der Waals surface area contributed by atoms with E-state index in [9.17, 15) is 4.79 Å². The molecule has 0 aliphatic rings. The first kappa shape index (κ1) is 13.9. The van der Waals surface area contributed by atoms with Crippen LogP contribution in [0.5, 0.6) is 5.75 Å². The van der Waals surface area contributed by atoms with Crippen molar-refractivity contribution in [3.63, 3.8) is 0 Å². The average Bonchev–Trinajstić information content (AvgIpc) is 2.81. The van der Waals surface area contributed by atoms with Crippen molar-refractivity contribution in [1.82, 2.24) is 10.1 Å². The third kappa shape index (κ3) is 3.74. The van der Waals surface area contributed by atoms with Crippen molar-refractivity contribution in [3.05, 3.63) is 41.8 Å². The van der Waals surface area contributed by atoms with Crippen LogP contribution >= 0.6 is 0 Å². The number of aromatic nitrogens is 1. The highest BCUT2D eigenvalue weighted by molar-refractivity contribution is 5.77. The summed E-state index contributed by atoms with van der Waals surface area (Å²) in [5, 5.41) is 3.84. The molecule has 1 heterocycles. The molecule has 0 unspecified atom stereocenters. The van der Waals surface area contributed by atoms with E-state index >= 15 is 0 Å². The Morgan fingerprint density at radius 2 is 2.25 bits per heavy atom. The number of anilines is 1. The highest BCUT2D eigenvalue weighted by atomic mass is 16.5. The Kier molecular flexibility index (Phi) is 4.24. The number of hydrogen-bond acceptors (Lipinski definition) is 5. The second-order valence-electron chi connectivity index (χ2n) is 4.54. The van der Waals surface area contributed by atoms with Crippen molar-refractivity contribution in [3.8, 4) is 5.75 Å². The molecule has 0 aliphatic heterocycles. The topological polar surface area (TPSA) is 81.6 Å². The van der Waals surface area contributed by atoms with Gasteiger partial charge in [0.25, 0.3) is 5.91 Å². The molecule has 0 radical (unpaired) electrons. The molecule has 2 aromatic rings. The van der Waals surface area contributed by atoms with Crippen molar-refractivity contribution < 1.29 is 14.1 Å². The summed E-state index contributed by atoms with van der Waals surface area (Å²) in [6, 6.07) is 8.76. The van der Waals surface area contributed by atoms with Crippen molar-refractivity contribution in [2.24, 2.45) is 0 Å². The fourth-order valence-corrected chi connectivity index (χ4v) is 1.68. The van der Waals surface area contributed by atoms with Crippen LogP contribution in [0.25, 0.3) is 0 Å². The van der Waals surface area contributed by atoms with Crippen LogP contribution in [0.3, 0.4) is 0 Å². The number of hydrogen-bond donors (Lipinski definition) is 1. The minimum atomic E-state index is -0.145. The van der Waals surface area contributed by atoms with Crippen LogP contribution in [0.15, 0.2) is 34.9 Å². The van der Waals surface area contributed by atoms with Gasteiger partial charge in [-0.3, -0.25) is 4.79 Å². The van der Waals surface area contributed by atoms with Gasteiger partial charge in [0.1, 0.15) is 17.2 Å². The second kappa shape index (κ2) is 6.10. The Hall–Kier alpha value is -2.50. The zero-order valence-corrected chi connectivity index (χ0v) is 11.5. The Labute approximate surface area is 117 Å². The quantitative estimate of drug-likeness (QED) is 0.838. The lowest BCUT2D eigenvalue weighted by Gasteiger charge is -2.16. The third-order valence-corrected chi connectivity index (χ3v) is 2.72. The van der Waals surface area contributed by atoms with E-state index in [-0.39, 0.29) is 12.5 Å². The number of carbonyl (C=O) groups excluding carboxylic acids is 1. The predicted molar refractivity (Wildman–Crippen MR) is 74.1 cm³/mol. The molecular weight excluding hydrogens is 258 g/mol. The monoisotopic (exact) mass is 275 g/mol. The largest absolute Gasteiger partial charge is 0.484 e. The number of likely N-dealkylation sites (N-methyl/N-ethyl adjacent to an activating group) is 1. The number of aryl methyl sites for hydroxylation is 1. The van der Waals surface area contributed by atoms with Crippen LogP contribution in [0.4, 0.5) is 5.69 Å². The maximum Gasteiger partial charge on any atom is 0.260 e. The molecule has 0 aliphatic carbocycles. The summed E-state index contributed by atoms with van der Waals surface area (Å²) in [6.45, 7) is 2.15. The lowest BCUT2D eigenvalue weighted by Crippen LogP contribution is -2.31. The maximum absolute atomic E-state index is 11.9. The summed E-state index contributed by atoms with van der Waals surface area (Å²) in [6.07, 6.45) is 0. The van der Waals surface area contributed by atoms with Gasteiger partial charge in [0.2, 0.25) is 0 Å². The van der Waals surface area contributed by atoms with Gasteiger partial charge in [0.05, 0.1) is 6.54 Å². The minimum absolute atomic E-state index is 0.0449. The fraction of sp³-hybridized carbons (Fsp3) is 0.286. The van der Waals surface area contributed by atoms with Crippen molar-refractivity contribution in [2.45, 2.75) is 13.5 Å². The lowest BCUT2D eigenvalue weighted by atomic mass is 10.3. The Morgan fingerprint density at radius 1 is 1.45 bits per heavy atom. The van der Waals surface area contributed by atoms with E-state index in [4.69, 9.17) is 15.0 Å². The highest BCUT2D eigenvalue weighted by Crippen LogP contribution is 2.14. The first-order valence-electron chi connectivity index (χ1n) is 6.19. The van der Waals surface area contributed by atoms with E-state index in [1.165, 1.54) is 4.90 Å². The van der Waals surface area contributed by atoms with Crippen molar-refractivity contribution in [2.75, 3.05) is 19.4 Å². The summed E-state index contributed by atoms with van der Waals surface area (Å²) in [7, 11) is 1.69. The Morgan fingerprint density at radius 3 is 2.90 bits per heavy atom. The van der Waals surface area contributed by atoms with Gasteiger partial charge < -0.3 is 19.9 Å². The molecular formula is C14H17N3O3. The maximum atomic E-state index is 11.9. The van der Waals surface area contributed by atoms with Gasteiger partial charge in [-0.2, -0.15) is 0 Å². The first-order chi connectivity index (χ1) is 9.54. The SMILES string of the molecule is Cc1cc(CN(C)C(=O)COc2cccc(N)c2)no1. The molecule has 2 N–H and O–H groups in total. The van der Waals surface area contributed by atoms with E-state index in [0.29, 0.717) is 23.7 Å². The molecule has 20 heavy (non-hydrogen) atoms. The summed E-state index contributed by atoms with van der Waals surface area (Å²) in [5.74, 6) is 1.15. The number of carbonyl (C=O) groups is 1. The molecule has 1 aromatic heterocycles. The summed E-state index contributed by atoms with van der Waals surface area (Å²) >= 11 is 0. The molecule has 0 saturated heterocycles. The molecule has 0 fully saturated rings. The zero-order chi connectivity index (χ0) is 14.5. The number of ether oxygens (including phenoxy) is 1. The standard InChI is InChI=1S/C14H17N3O3/c1-10-6-12(16-20-10)8-17(2)14(18)9-19-13-5-3-4-11(15)7-13/h3-7H,8-9,15H2,1-2H3.